The molecule has 0 radical (unpaired) electrons. The minimum absolute atomic E-state index is 0.0708. The number of nitrogens with zero attached hydrogens (tertiary/aromatic N) is 4. The van der Waals surface area contributed by atoms with Gasteiger partial charge in [-0.05, 0) is 43.7 Å². The molecule has 4 rings (SSSR count). The highest BCUT2D eigenvalue weighted by Gasteiger charge is 2.19. The number of anilines is 1. The van der Waals surface area contributed by atoms with E-state index in [2.05, 4.69) is 10.4 Å². The molecule has 160 valence electrons. The van der Waals surface area contributed by atoms with Gasteiger partial charge in [-0.15, -0.1) is 0 Å². The average molecular weight is 436 g/mol. The second-order valence-electron chi connectivity index (χ2n) is 7.40. The van der Waals surface area contributed by atoms with Crippen molar-refractivity contribution in [3.05, 3.63) is 65.9 Å². The molecule has 0 aliphatic heterocycles. The maximum Gasteiger partial charge on any atom is 0.240 e. The highest BCUT2D eigenvalue weighted by Crippen LogP contribution is 2.32. The summed E-state index contributed by atoms with van der Waals surface area (Å²) in [6, 6.07) is 17.5. The van der Waals surface area contributed by atoms with E-state index in [0.717, 1.165) is 38.2 Å². The van der Waals surface area contributed by atoms with Crippen molar-refractivity contribution in [3.8, 4) is 11.4 Å². The molecule has 0 bridgehead atoms. The number of aryl methyl sites for hydroxylation is 1. The molecule has 1 N–H and O–H groups in total. The van der Waals surface area contributed by atoms with Crippen molar-refractivity contribution in [2.45, 2.75) is 19.9 Å². The number of thiazole rings is 1. The van der Waals surface area contributed by atoms with Crippen molar-refractivity contribution in [1.29, 1.82) is 0 Å². The van der Waals surface area contributed by atoms with Crippen LogP contribution in [0, 0.1) is 6.92 Å². The second kappa shape index (κ2) is 8.77. The average Bonchev–Trinajstić information content (AvgIpc) is 3.35. The zero-order valence-corrected chi connectivity index (χ0v) is 18.8. The molecule has 1 unspecified atom stereocenters. The number of methoxy groups -OCH3 is 1. The number of amides is 1. The molecule has 0 aliphatic rings. The predicted octanol–water partition coefficient (Wildman–Crippen LogP) is 4.11. The largest absolute Gasteiger partial charge is 0.497 e. The number of fused-ring (bicyclic) bond motifs is 1. The molecule has 7 nitrogen and oxygen atoms in total. The third kappa shape index (κ3) is 4.39. The summed E-state index contributed by atoms with van der Waals surface area (Å²) >= 11 is 1.54. The van der Waals surface area contributed by atoms with Crippen LogP contribution in [0.5, 0.6) is 5.75 Å². The van der Waals surface area contributed by atoms with Gasteiger partial charge in [0, 0.05) is 7.05 Å². The molecular formula is C23H25N5O2S. The standard InChI is InChI=1S/C23H25N5O2S/c1-15(17-9-8-12-19(13-17)30-4)24-20(29)14-27(3)23-25-22-21(31-23)16(2)26-28(22)18-10-6-5-7-11-18/h5-13,15H,14H2,1-4H3,(H,24,29). The molecule has 0 spiro atoms. The maximum absolute atomic E-state index is 12.6. The Hall–Kier alpha value is -3.39. The number of carbonyl (C=O) groups is 1. The topological polar surface area (TPSA) is 72.3 Å². The van der Waals surface area contributed by atoms with Gasteiger partial charge in [-0.2, -0.15) is 10.1 Å². The minimum atomic E-state index is -0.125. The summed E-state index contributed by atoms with van der Waals surface area (Å²) in [5.74, 6) is 0.700. The SMILES string of the molecule is COc1cccc(C(C)NC(=O)CN(C)c2nc3c(s2)c(C)nn3-c2ccccc2)c1. The van der Waals surface area contributed by atoms with Gasteiger partial charge in [0.2, 0.25) is 5.91 Å². The first kappa shape index (κ1) is 20.9. The summed E-state index contributed by atoms with van der Waals surface area (Å²) in [7, 11) is 3.51. The Morgan fingerprint density at radius 3 is 2.74 bits per heavy atom. The van der Waals surface area contributed by atoms with Gasteiger partial charge in [0.1, 0.15) is 5.75 Å². The normalized spacial score (nSPS) is 12.0. The van der Waals surface area contributed by atoms with E-state index in [-0.39, 0.29) is 18.5 Å². The first-order valence-electron chi connectivity index (χ1n) is 10.0. The molecular weight excluding hydrogens is 410 g/mol. The summed E-state index contributed by atoms with van der Waals surface area (Å²) < 4.78 is 8.14. The lowest BCUT2D eigenvalue weighted by Gasteiger charge is -2.19. The quantitative estimate of drug-likeness (QED) is 0.473. The van der Waals surface area contributed by atoms with Gasteiger partial charge in [0.25, 0.3) is 0 Å². The molecule has 4 aromatic rings. The van der Waals surface area contributed by atoms with E-state index in [0.29, 0.717) is 0 Å². The van der Waals surface area contributed by atoms with Crippen LogP contribution in [0.1, 0.15) is 24.2 Å². The number of likely N-dealkylation sites (N-methyl/N-ethyl adjacent to an activating group) is 1. The number of para-hydroxylation sites is 1. The van der Waals surface area contributed by atoms with E-state index in [1.54, 1.807) is 18.4 Å². The zero-order valence-electron chi connectivity index (χ0n) is 18.0. The van der Waals surface area contributed by atoms with Crippen LogP contribution in [-0.2, 0) is 4.79 Å². The Balaban J connectivity index is 1.48. The number of benzene rings is 2. The number of carbonyl (C=O) groups excluding carboxylic acids is 1. The lowest BCUT2D eigenvalue weighted by atomic mass is 10.1. The third-order valence-corrected chi connectivity index (χ3v) is 6.32. The number of hydrogen-bond donors (Lipinski definition) is 1. The van der Waals surface area contributed by atoms with E-state index in [1.165, 1.54) is 0 Å². The summed E-state index contributed by atoms with van der Waals surface area (Å²) in [5.41, 5.74) is 3.69. The van der Waals surface area contributed by atoms with Crippen LogP contribution in [0.2, 0.25) is 0 Å². The molecule has 2 aromatic heterocycles. The van der Waals surface area contributed by atoms with Crippen LogP contribution in [-0.4, -0.2) is 41.4 Å². The molecule has 1 atom stereocenters. The van der Waals surface area contributed by atoms with Crippen molar-refractivity contribution < 1.29 is 9.53 Å². The summed E-state index contributed by atoms with van der Waals surface area (Å²) in [5, 5.41) is 8.45. The summed E-state index contributed by atoms with van der Waals surface area (Å²) in [4.78, 5) is 19.3. The van der Waals surface area contributed by atoms with Gasteiger partial charge < -0.3 is 15.0 Å². The highest BCUT2D eigenvalue weighted by atomic mass is 32.1. The lowest BCUT2D eigenvalue weighted by molar-refractivity contribution is -0.120. The summed E-state index contributed by atoms with van der Waals surface area (Å²) in [6.45, 7) is 4.15. The lowest BCUT2D eigenvalue weighted by Crippen LogP contribution is -2.36. The molecule has 2 aromatic carbocycles. The van der Waals surface area contributed by atoms with E-state index >= 15 is 0 Å². The Labute approximate surface area is 185 Å². The van der Waals surface area contributed by atoms with Crippen LogP contribution in [0.25, 0.3) is 16.0 Å². The van der Waals surface area contributed by atoms with Gasteiger partial charge in [0.05, 0.1) is 35.8 Å². The first-order valence-corrected chi connectivity index (χ1v) is 10.8. The van der Waals surface area contributed by atoms with Crippen LogP contribution < -0.4 is 15.0 Å². The first-order chi connectivity index (χ1) is 15.0. The fourth-order valence-electron chi connectivity index (χ4n) is 3.40. The molecule has 0 fully saturated rings. The third-order valence-electron chi connectivity index (χ3n) is 5.06. The van der Waals surface area contributed by atoms with Gasteiger partial charge in [0.15, 0.2) is 10.8 Å². The smallest absolute Gasteiger partial charge is 0.240 e. The molecule has 0 aliphatic carbocycles. The molecule has 31 heavy (non-hydrogen) atoms. The molecule has 1 amide bonds. The van der Waals surface area contributed by atoms with Crippen molar-refractivity contribution in [1.82, 2.24) is 20.1 Å². The number of ether oxygens (including phenoxy) is 1. The van der Waals surface area contributed by atoms with Crippen molar-refractivity contribution in [3.63, 3.8) is 0 Å². The van der Waals surface area contributed by atoms with E-state index in [9.17, 15) is 4.79 Å². The van der Waals surface area contributed by atoms with Crippen LogP contribution in [0.3, 0.4) is 0 Å². The van der Waals surface area contributed by atoms with Crippen molar-refractivity contribution >= 4 is 32.7 Å². The van der Waals surface area contributed by atoms with Gasteiger partial charge in [-0.25, -0.2) is 4.68 Å². The van der Waals surface area contributed by atoms with Crippen molar-refractivity contribution in [2.75, 3.05) is 25.6 Å². The highest BCUT2D eigenvalue weighted by molar-refractivity contribution is 7.22. The Bertz CT molecular complexity index is 1200. The molecule has 0 saturated carbocycles. The minimum Gasteiger partial charge on any atom is -0.497 e. The van der Waals surface area contributed by atoms with Gasteiger partial charge in [-0.1, -0.05) is 41.7 Å². The van der Waals surface area contributed by atoms with Gasteiger partial charge in [-0.3, -0.25) is 4.79 Å². The maximum atomic E-state index is 12.6. The monoisotopic (exact) mass is 435 g/mol. The summed E-state index contributed by atoms with van der Waals surface area (Å²) in [6.07, 6.45) is 0. The van der Waals surface area contributed by atoms with Crippen LogP contribution in [0.4, 0.5) is 5.13 Å². The van der Waals surface area contributed by atoms with Crippen molar-refractivity contribution in [2.24, 2.45) is 0 Å². The molecule has 8 heteroatoms. The van der Waals surface area contributed by atoms with Crippen LogP contribution in [0.15, 0.2) is 54.6 Å². The molecule has 2 heterocycles. The fraction of sp³-hybridized carbons (Fsp3) is 0.261. The fourth-order valence-corrected chi connectivity index (χ4v) is 4.35. The van der Waals surface area contributed by atoms with E-state index < -0.39 is 0 Å². The zero-order chi connectivity index (χ0) is 22.0. The predicted molar refractivity (Wildman–Crippen MR) is 124 cm³/mol. The molecule has 0 saturated heterocycles. The number of nitrogens with one attached hydrogen (secondary N) is 1. The Kier molecular flexibility index (Phi) is 5.90. The Morgan fingerprint density at radius 2 is 2.00 bits per heavy atom. The van der Waals surface area contributed by atoms with E-state index in [4.69, 9.17) is 9.72 Å². The Morgan fingerprint density at radius 1 is 1.23 bits per heavy atom. The number of aromatic nitrogens is 3. The van der Waals surface area contributed by atoms with Crippen LogP contribution >= 0.6 is 11.3 Å². The number of rotatable bonds is 7. The number of hydrogen-bond acceptors (Lipinski definition) is 6. The van der Waals surface area contributed by atoms with E-state index in [1.807, 2.05) is 85.1 Å². The van der Waals surface area contributed by atoms with Gasteiger partial charge >= 0.3 is 0 Å². The second-order valence-corrected chi connectivity index (χ2v) is 8.38.